The number of aryl methyl sites for hydroxylation is 1. The van der Waals surface area contributed by atoms with E-state index in [2.05, 4.69) is 66.7 Å². The molecule has 7 rings (SSSR count). The van der Waals surface area contributed by atoms with E-state index in [-0.39, 0.29) is 35.7 Å². The summed E-state index contributed by atoms with van der Waals surface area (Å²) < 4.78 is 5.54. The lowest BCUT2D eigenvalue weighted by molar-refractivity contribution is -0.134. The molecule has 0 bridgehead atoms. The van der Waals surface area contributed by atoms with E-state index < -0.39 is 17.6 Å². The van der Waals surface area contributed by atoms with Crippen LogP contribution in [0.15, 0.2) is 72.1 Å². The molecule has 0 amide bonds. The predicted molar refractivity (Wildman–Crippen MR) is 246 cm³/mol. The SMILES string of the molecule is COc1cc2c(cc1O)[C@@H](CC[C@H](O)[C@H](CCC(C)C)[C@H](/C=C/c1ccccc1)C1=CCNC(N)=C1)C#C[C@@]1(CC[C@H](CC[C@@H]3CN[C@@H]4CC(=O)CC[C@@H]4C3)C[C@H]1O)C(=O)CC2. The number of hydrogen-bond donors (Lipinski definition) is 6. The third-order valence-electron chi connectivity index (χ3n) is 15.0. The molecule has 5 aliphatic rings. The Morgan fingerprint density at radius 1 is 1.00 bits per heavy atom. The lowest BCUT2D eigenvalue weighted by Gasteiger charge is -2.42. The first-order valence-electron chi connectivity index (χ1n) is 23.6. The van der Waals surface area contributed by atoms with E-state index in [1.54, 1.807) is 6.07 Å². The molecule has 3 fully saturated rings. The van der Waals surface area contributed by atoms with Gasteiger partial charge in [0.2, 0.25) is 0 Å². The minimum atomic E-state index is -1.16. The van der Waals surface area contributed by atoms with Crippen LogP contribution in [0.5, 0.6) is 11.5 Å². The number of nitrogens with one attached hydrogen (secondary N) is 2. The molecule has 0 radical (unpaired) electrons. The van der Waals surface area contributed by atoms with Gasteiger partial charge in [0.1, 0.15) is 11.2 Å². The van der Waals surface area contributed by atoms with Gasteiger partial charge in [-0.15, -0.1) is 0 Å². The molecule has 2 saturated carbocycles. The number of carbonyl (C=O) groups is 2. The second-order valence-corrected chi connectivity index (χ2v) is 19.6. The van der Waals surface area contributed by atoms with Crippen LogP contribution in [0.25, 0.3) is 6.08 Å². The third kappa shape index (κ3) is 11.0. The van der Waals surface area contributed by atoms with Crippen LogP contribution in [-0.2, 0) is 16.0 Å². The standard InChI is InChI=1S/C53H71N3O6/c1-34(2)9-17-44(43(40-23-26-55-52(54)30-40)18-12-35-7-5-4-6-8-35)47(58)19-14-38-22-25-53(50(60)20-15-39-29-49(62-3)48(59)32-45(38)39)24-21-36(28-51(53)61)10-11-37-27-41-13-16-42(57)31-46(41)56-33-37/h4-8,12,18,23,29-30,32,34,36-38,41,43-44,46-47,51,55-56,58-59,61H,9-11,13-17,19-21,24,26-28,31,33,54H2,1-3H3/b18-12+/t36-,37-,38-,41+,43+,44+,46+,47-,51+,53-/m0/s1. The number of ether oxygens (including phenoxy) is 1. The number of rotatable bonds is 15. The number of piperidine rings is 1. The quantitative estimate of drug-likeness (QED) is 0.0976. The van der Waals surface area contributed by atoms with Gasteiger partial charge in [-0.3, -0.25) is 9.59 Å². The van der Waals surface area contributed by atoms with Crippen molar-refractivity contribution in [2.45, 2.75) is 134 Å². The molecule has 62 heavy (non-hydrogen) atoms. The summed E-state index contributed by atoms with van der Waals surface area (Å²) in [5.74, 6) is 9.66. The van der Waals surface area contributed by atoms with Crippen LogP contribution in [0, 0.1) is 52.8 Å². The van der Waals surface area contributed by atoms with Crippen LogP contribution in [0.3, 0.4) is 0 Å². The molecule has 334 valence electrons. The van der Waals surface area contributed by atoms with Gasteiger partial charge in [-0.05, 0) is 141 Å². The van der Waals surface area contributed by atoms with Crippen molar-refractivity contribution in [3.8, 4) is 23.3 Å². The number of aliphatic hydroxyl groups is 2. The molecule has 1 saturated heterocycles. The van der Waals surface area contributed by atoms with Crippen molar-refractivity contribution in [2.75, 3.05) is 20.2 Å². The average molecular weight is 846 g/mol. The van der Waals surface area contributed by atoms with Gasteiger partial charge >= 0.3 is 0 Å². The zero-order valence-corrected chi connectivity index (χ0v) is 37.3. The lowest BCUT2D eigenvalue weighted by Crippen LogP contribution is -2.49. The number of aliphatic hydroxyl groups excluding tert-OH is 2. The Bertz CT molecular complexity index is 2030. The van der Waals surface area contributed by atoms with Gasteiger partial charge in [-0.2, -0.15) is 0 Å². The maximum absolute atomic E-state index is 14.4. The van der Waals surface area contributed by atoms with E-state index in [1.165, 1.54) is 7.11 Å². The number of aromatic hydroxyl groups is 1. The first-order chi connectivity index (χ1) is 29.9. The van der Waals surface area contributed by atoms with Crippen molar-refractivity contribution in [3.63, 3.8) is 0 Å². The monoisotopic (exact) mass is 846 g/mol. The van der Waals surface area contributed by atoms with Gasteiger partial charge in [0, 0.05) is 43.7 Å². The number of carbonyl (C=O) groups excluding carboxylic acids is 2. The fourth-order valence-corrected chi connectivity index (χ4v) is 11.2. The Labute approximate surface area is 370 Å². The van der Waals surface area contributed by atoms with Crippen LogP contribution >= 0.6 is 0 Å². The van der Waals surface area contributed by atoms with Crippen molar-refractivity contribution in [1.29, 1.82) is 0 Å². The predicted octanol–water partition coefficient (Wildman–Crippen LogP) is 8.13. The Morgan fingerprint density at radius 3 is 2.56 bits per heavy atom. The van der Waals surface area contributed by atoms with Crippen LogP contribution in [0.1, 0.15) is 126 Å². The molecule has 2 aliphatic heterocycles. The topological polar surface area (TPSA) is 154 Å². The maximum atomic E-state index is 14.4. The Balaban J connectivity index is 1.12. The molecule has 9 heteroatoms. The fourth-order valence-electron chi connectivity index (χ4n) is 11.2. The molecular weight excluding hydrogens is 775 g/mol. The highest BCUT2D eigenvalue weighted by Gasteiger charge is 2.48. The lowest BCUT2D eigenvalue weighted by atomic mass is 9.64. The van der Waals surface area contributed by atoms with E-state index in [4.69, 9.17) is 10.5 Å². The molecule has 3 aliphatic carbocycles. The van der Waals surface area contributed by atoms with Gasteiger partial charge in [0.15, 0.2) is 17.3 Å². The molecule has 10 atom stereocenters. The normalized spacial score (nSPS) is 29.1. The van der Waals surface area contributed by atoms with Gasteiger partial charge in [0.25, 0.3) is 0 Å². The first kappa shape index (κ1) is 45.7. The molecule has 0 aromatic heterocycles. The molecule has 7 N–H and O–H groups in total. The number of phenolic OH excluding ortho intramolecular Hbond substituents is 1. The maximum Gasteiger partial charge on any atom is 0.160 e. The number of allylic oxidation sites excluding steroid dienone is 3. The van der Waals surface area contributed by atoms with Gasteiger partial charge in [-0.1, -0.05) is 87.1 Å². The number of dihydropyridines is 1. The molecule has 1 spiro atoms. The van der Waals surface area contributed by atoms with Crippen LogP contribution < -0.4 is 21.1 Å². The number of hydrogen-bond acceptors (Lipinski definition) is 9. The van der Waals surface area contributed by atoms with Crippen molar-refractivity contribution in [1.82, 2.24) is 10.6 Å². The fraction of sp³-hybridized carbons (Fsp3) is 0.585. The van der Waals surface area contributed by atoms with Crippen molar-refractivity contribution < 1.29 is 29.6 Å². The number of ketones is 2. The van der Waals surface area contributed by atoms with Crippen LogP contribution in [0.2, 0.25) is 0 Å². The molecule has 0 unspecified atom stereocenters. The molecule has 2 heterocycles. The molecule has 9 nitrogen and oxygen atoms in total. The summed E-state index contributed by atoms with van der Waals surface area (Å²) in [5, 5.41) is 42.4. The minimum Gasteiger partial charge on any atom is -0.504 e. The van der Waals surface area contributed by atoms with Gasteiger partial charge in [0.05, 0.1) is 25.1 Å². The first-order valence-corrected chi connectivity index (χ1v) is 23.6. The van der Waals surface area contributed by atoms with E-state index >= 15 is 0 Å². The minimum absolute atomic E-state index is 0.0169. The number of benzene rings is 2. The van der Waals surface area contributed by atoms with E-state index in [9.17, 15) is 24.9 Å². The summed E-state index contributed by atoms with van der Waals surface area (Å²) >= 11 is 0. The van der Waals surface area contributed by atoms with Crippen molar-refractivity contribution in [2.24, 2.45) is 46.7 Å². The second-order valence-electron chi connectivity index (χ2n) is 19.6. The largest absolute Gasteiger partial charge is 0.504 e. The Hall–Kier alpha value is -4.36. The second kappa shape index (κ2) is 20.9. The Morgan fingerprint density at radius 2 is 1.81 bits per heavy atom. The zero-order valence-electron chi connectivity index (χ0n) is 37.3. The van der Waals surface area contributed by atoms with Crippen LogP contribution in [-0.4, -0.2) is 65.3 Å². The zero-order chi connectivity index (χ0) is 43.8. The third-order valence-corrected chi connectivity index (χ3v) is 15.0. The van der Waals surface area contributed by atoms with Crippen LogP contribution in [0.4, 0.5) is 0 Å². The number of nitrogens with two attached hydrogens (primary N) is 1. The molecular formula is C53H71N3O6. The summed E-state index contributed by atoms with van der Waals surface area (Å²) in [5.41, 5.74) is 9.08. The summed E-state index contributed by atoms with van der Waals surface area (Å²) in [6.45, 7) is 6.00. The van der Waals surface area contributed by atoms with Crippen molar-refractivity contribution in [3.05, 3.63) is 88.8 Å². The van der Waals surface area contributed by atoms with E-state index in [0.29, 0.717) is 98.6 Å². The molecule has 2 aromatic rings. The highest BCUT2D eigenvalue weighted by molar-refractivity contribution is 5.89. The van der Waals surface area contributed by atoms with E-state index in [0.717, 1.165) is 73.8 Å². The summed E-state index contributed by atoms with van der Waals surface area (Å²) in [7, 11) is 1.53. The highest BCUT2D eigenvalue weighted by Crippen LogP contribution is 2.46. The summed E-state index contributed by atoms with van der Waals surface area (Å²) in [6.07, 6.45) is 17.9. The number of phenols is 1. The highest BCUT2D eigenvalue weighted by atomic mass is 16.5. The summed E-state index contributed by atoms with van der Waals surface area (Å²) in [4.78, 5) is 26.4. The number of Topliss-reactive ketones (excluding diaryl/α,β-unsaturated/α-hetero) is 2. The average Bonchev–Trinajstić information content (AvgIpc) is 3.31. The summed E-state index contributed by atoms with van der Waals surface area (Å²) in [6, 6.07) is 14.1. The van der Waals surface area contributed by atoms with Gasteiger partial charge in [-0.25, -0.2) is 0 Å². The number of fused-ring (bicyclic) bond motifs is 2. The molecule has 2 aromatic carbocycles. The smallest absolute Gasteiger partial charge is 0.160 e. The Kier molecular flexibility index (Phi) is 15.4. The van der Waals surface area contributed by atoms with E-state index in [1.807, 2.05) is 30.3 Å². The van der Waals surface area contributed by atoms with Gasteiger partial charge < -0.3 is 36.4 Å². The van der Waals surface area contributed by atoms with Crippen molar-refractivity contribution >= 4 is 17.6 Å². The number of methoxy groups -OCH3 is 1.